The molecule has 0 saturated heterocycles. The largest absolute Gasteiger partial charge is 0.465 e. The van der Waals surface area contributed by atoms with Crippen molar-refractivity contribution < 1.29 is 22.7 Å². The third-order valence-electron chi connectivity index (χ3n) is 2.95. The fourth-order valence-electron chi connectivity index (χ4n) is 1.85. The minimum Gasteiger partial charge on any atom is -0.465 e. The number of aromatic nitrogens is 3. The molecule has 2 rings (SSSR count). The molecule has 0 aliphatic rings. The van der Waals surface area contributed by atoms with E-state index in [0.717, 1.165) is 0 Å². The minimum absolute atomic E-state index is 0.0480. The van der Waals surface area contributed by atoms with Crippen molar-refractivity contribution in [3.8, 4) is 11.4 Å². The van der Waals surface area contributed by atoms with E-state index in [1.165, 1.54) is 18.1 Å². The second-order valence-corrected chi connectivity index (χ2v) is 4.62. The van der Waals surface area contributed by atoms with Crippen LogP contribution in [0.1, 0.15) is 23.2 Å². The van der Waals surface area contributed by atoms with Crippen LogP contribution in [-0.2, 0) is 11.3 Å². The Morgan fingerprint density at radius 1 is 1.27 bits per heavy atom. The molecule has 0 fully saturated rings. The molecule has 22 heavy (non-hydrogen) atoms. The maximum absolute atomic E-state index is 12.1. The van der Waals surface area contributed by atoms with Crippen molar-refractivity contribution in [2.75, 3.05) is 7.11 Å². The van der Waals surface area contributed by atoms with Gasteiger partial charge in [0.05, 0.1) is 12.7 Å². The molecule has 0 amide bonds. The number of hydrogen-bond acceptors (Lipinski definition) is 4. The van der Waals surface area contributed by atoms with E-state index in [0.29, 0.717) is 17.0 Å². The number of aryl methyl sites for hydroxylation is 1. The Labute approximate surface area is 124 Å². The normalized spacial score (nSPS) is 11.5. The van der Waals surface area contributed by atoms with Crippen LogP contribution < -0.4 is 0 Å². The molecule has 0 aliphatic heterocycles. The van der Waals surface area contributed by atoms with Gasteiger partial charge in [-0.15, -0.1) is 0 Å². The zero-order valence-electron chi connectivity index (χ0n) is 11.8. The van der Waals surface area contributed by atoms with E-state index in [-0.39, 0.29) is 13.0 Å². The van der Waals surface area contributed by atoms with E-state index in [1.807, 2.05) is 0 Å². The third-order valence-corrected chi connectivity index (χ3v) is 2.95. The fourth-order valence-corrected chi connectivity index (χ4v) is 1.85. The van der Waals surface area contributed by atoms with Crippen LogP contribution in [0.25, 0.3) is 11.4 Å². The maximum atomic E-state index is 12.1. The highest BCUT2D eigenvalue weighted by molar-refractivity contribution is 5.89. The van der Waals surface area contributed by atoms with Crippen molar-refractivity contribution in [3.05, 3.63) is 36.2 Å². The number of rotatable bonds is 5. The predicted octanol–water partition coefficient (Wildman–Crippen LogP) is 3.07. The Bertz CT molecular complexity index is 636. The van der Waals surface area contributed by atoms with Crippen LogP contribution in [0.15, 0.2) is 30.6 Å². The second-order valence-electron chi connectivity index (χ2n) is 4.62. The molecule has 1 aromatic heterocycles. The minimum atomic E-state index is -4.16. The molecule has 0 unspecified atom stereocenters. The molecule has 2 aromatic rings. The van der Waals surface area contributed by atoms with E-state index >= 15 is 0 Å². The van der Waals surface area contributed by atoms with Crippen LogP contribution in [0.5, 0.6) is 0 Å². The molecule has 0 saturated carbocycles. The van der Waals surface area contributed by atoms with E-state index in [2.05, 4.69) is 14.8 Å². The lowest BCUT2D eigenvalue weighted by molar-refractivity contribution is -0.136. The molecule has 0 aliphatic carbocycles. The Morgan fingerprint density at radius 3 is 2.55 bits per heavy atom. The lowest BCUT2D eigenvalue weighted by atomic mass is 10.1. The molecule has 0 spiro atoms. The number of carbonyl (C=O) groups is 1. The van der Waals surface area contributed by atoms with Crippen LogP contribution in [0.4, 0.5) is 13.2 Å². The van der Waals surface area contributed by atoms with Gasteiger partial charge in [0, 0.05) is 18.5 Å². The summed E-state index contributed by atoms with van der Waals surface area (Å²) in [5, 5.41) is 4.12. The van der Waals surface area contributed by atoms with E-state index < -0.39 is 18.6 Å². The number of alkyl halides is 3. The second kappa shape index (κ2) is 6.59. The highest BCUT2D eigenvalue weighted by Gasteiger charge is 2.26. The number of hydrogen-bond donors (Lipinski definition) is 0. The van der Waals surface area contributed by atoms with Gasteiger partial charge < -0.3 is 4.74 Å². The third kappa shape index (κ3) is 4.31. The highest BCUT2D eigenvalue weighted by Crippen LogP contribution is 2.22. The molecular weight excluding hydrogens is 299 g/mol. The summed E-state index contributed by atoms with van der Waals surface area (Å²) in [5.41, 5.74) is 1.07. The van der Waals surface area contributed by atoms with Gasteiger partial charge in [-0.05, 0) is 18.6 Å². The highest BCUT2D eigenvalue weighted by atomic mass is 19.4. The summed E-state index contributed by atoms with van der Waals surface area (Å²) in [4.78, 5) is 15.4. The summed E-state index contributed by atoms with van der Waals surface area (Å²) in [6.45, 7) is 0.146. The molecule has 0 N–H and O–H groups in total. The quantitative estimate of drug-likeness (QED) is 0.796. The molecular formula is C14H14F3N3O2. The van der Waals surface area contributed by atoms with Gasteiger partial charge in [0.15, 0.2) is 5.82 Å². The first-order chi connectivity index (χ1) is 10.4. The van der Waals surface area contributed by atoms with Crippen molar-refractivity contribution in [2.24, 2.45) is 0 Å². The van der Waals surface area contributed by atoms with Crippen LogP contribution >= 0.6 is 0 Å². The van der Waals surface area contributed by atoms with Gasteiger partial charge in [-0.3, -0.25) is 4.68 Å². The first-order valence-electron chi connectivity index (χ1n) is 6.54. The number of halogens is 3. The molecule has 1 aromatic carbocycles. The number of methoxy groups -OCH3 is 1. The Balaban J connectivity index is 2.00. The number of esters is 1. The predicted molar refractivity (Wildman–Crippen MR) is 72.1 cm³/mol. The van der Waals surface area contributed by atoms with Crippen LogP contribution in [0.2, 0.25) is 0 Å². The number of benzene rings is 1. The van der Waals surface area contributed by atoms with Gasteiger partial charge in [0.25, 0.3) is 0 Å². The summed E-state index contributed by atoms with van der Waals surface area (Å²) >= 11 is 0. The first-order valence-corrected chi connectivity index (χ1v) is 6.54. The average Bonchev–Trinajstić information content (AvgIpc) is 2.94. The molecule has 1 heterocycles. The topological polar surface area (TPSA) is 57.0 Å². The summed E-state index contributed by atoms with van der Waals surface area (Å²) in [7, 11) is 1.29. The van der Waals surface area contributed by atoms with Crippen molar-refractivity contribution in [3.63, 3.8) is 0 Å². The monoisotopic (exact) mass is 313 g/mol. The lowest BCUT2D eigenvalue weighted by Gasteiger charge is -2.05. The van der Waals surface area contributed by atoms with Gasteiger partial charge >= 0.3 is 12.1 Å². The molecule has 0 atom stereocenters. The standard InChI is InChI=1S/C14H14F3N3O2/c1-22-13(21)11-5-3-10(4-6-11)12-18-9-20(19-12)8-2-7-14(15,16)17/h3-6,9H,2,7-8H2,1H3. The van der Waals surface area contributed by atoms with Gasteiger partial charge in [0.1, 0.15) is 6.33 Å². The SMILES string of the molecule is COC(=O)c1ccc(-c2ncn(CCCC(F)(F)F)n2)cc1. The van der Waals surface area contributed by atoms with Crippen molar-refractivity contribution in [1.29, 1.82) is 0 Å². The lowest BCUT2D eigenvalue weighted by Crippen LogP contribution is -2.09. The van der Waals surface area contributed by atoms with Crippen LogP contribution in [-0.4, -0.2) is 34.0 Å². The van der Waals surface area contributed by atoms with Gasteiger partial charge in [-0.2, -0.15) is 18.3 Å². The summed E-state index contributed by atoms with van der Waals surface area (Å²) in [5.74, 6) is -0.0550. The van der Waals surface area contributed by atoms with Crippen molar-refractivity contribution >= 4 is 5.97 Å². The number of nitrogens with zero attached hydrogens (tertiary/aromatic N) is 3. The average molecular weight is 313 g/mol. The van der Waals surface area contributed by atoms with Crippen LogP contribution in [0.3, 0.4) is 0 Å². The van der Waals surface area contributed by atoms with Crippen molar-refractivity contribution in [2.45, 2.75) is 25.6 Å². The van der Waals surface area contributed by atoms with Gasteiger partial charge in [-0.1, -0.05) is 12.1 Å². The molecule has 5 nitrogen and oxygen atoms in total. The maximum Gasteiger partial charge on any atom is 0.389 e. The Morgan fingerprint density at radius 2 is 1.95 bits per heavy atom. The first kappa shape index (κ1) is 16.0. The van der Waals surface area contributed by atoms with E-state index in [1.54, 1.807) is 24.3 Å². The molecule has 0 radical (unpaired) electrons. The summed E-state index contributed by atoms with van der Waals surface area (Å²) in [6.07, 6.45) is -3.67. The Hall–Kier alpha value is -2.38. The summed E-state index contributed by atoms with van der Waals surface area (Å²) < 4.78 is 42.2. The molecule has 0 bridgehead atoms. The Kier molecular flexibility index (Phi) is 4.79. The number of carbonyl (C=O) groups excluding carboxylic acids is 1. The molecule has 118 valence electrons. The van der Waals surface area contributed by atoms with Gasteiger partial charge in [-0.25, -0.2) is 9.78 Å². The fraction of sp³-hybridized carbons (Fsp3) is 0.357. The van der Waals surface area contributed by atoms with Gasteiger partial charge in [0.2, 0.25) is 0 Å². The van der Waals surface area contributed by atoms with E-state index in [4.69, 9.17) is 0 Å². The molecule has 8 heteroatoms. The van der Waals surface area contributed by atoms with Crippen LogP contribution in [0, 0.1) is 0 Å². The zero-order chi connectivity index (χ0) is 16.2. The van der Waals surface area contributed by atoms with E-state index in [9.17, 15) is 18.0 Å². The zero-order valence-corrected chi connectivity index (χ0v) is 11.8. The van der Waals surface area contributed by atoms with Crippen molar-refractivity contribution in [1.82, 2.24) is 14.8 Å². The summed E-state index contributed by atoms with van der Waals surface area (Å²) in [6, 6.07) is 6.46. The smallest absolute Gasteiger partial charge is 0.389 e. The number of ether oxygens (including phenoxy) is 1.